The Kier molecular flexibility index (Phi) is 4.03. The summed E-state index contributed by atoms with van der Waals surface area (Å²) >= 11 is 3.42. The SMILES string of the molecule is C#Cc1cccc(Br)c1OCC(C)C. The molecule has 0 aliphatic heterocycles. The van der Waals surface area contributed by atoms with Gasteiger partial charge in [0.05, 0.1) is 16.6 Å². The van der Waals surface area contributed by atoms with Gasteiger partial charge in [-0.25, -0.2) is 0 Å². The first-order valence-corrected chi connectivity index (χ1v) is 5.32. The molecule has 1 aromatic carbocycles. The molecule has 0 aliphatic carbocycles. The molecular formula is C12H13BrO. The Bertz CT molecular complexity index is 350. The highest BCUT2D eigenvalue weighted by Gasteiger charge is 2.06. The number of hydrogen-bond donors (Lipinski definition) is 0. The van der Waals surface area contributed by atoms with Gasteiger partial charge in [0.1, 0.15) is 5.75 Å². The number of hydrogen-bond acceptors (Lipinski definition) is 1. The second-order valence-corrected chi connectivity index (χ2v) is 4.32. The van der Waals surface area contributed by atoms with Crippen molar-refractivity contribution >= 4 is 15.9 Å². The first kappa shape index (κ1) is 11.1. The molecule has 0 saturated heterocycles. The molecule has 0 atom stereocenters. The van der Waals surface area contributed by atoms with E-state index in [0.29, 0.717) is 12.5 Å². The Labute approximate surface area is 93.6 Å². The predicted molar refractivity (Wildman–Crippen MR) is 62.4 cm³/mol. The number of halogens is 1. The molecule has 1 nitrogen and oxygen atoms in total. The zero-order valence-corrected chi connectivity index (χ0v) is 9.97. The molecule has 0 saturated carbocycles. The van der Waals surface area contributed by atoms with E-state index in [1.165, 1.54) is 0 Å². The van der Waals surface area contributed by atoms with E-state index in [-0.39, 0.29) is 0 Å². The summed E-state index contributed by atoms with van der Waals surface area (Å²) in [5.74, 6) is 3.87. The molecule has 0 heterocycles. The topological polar surface area (TPSA) is 9.23 Å². The molecule has 14 heavy (non-hydrogen) atoms. The van der Waals surface area contributed by atoms with Crippen molar-refractivity contribution in [1.82, 2.24) is 0 Å². The second-order valence-electron chi connectivity index (χ2n) is 3.47. The van der Waals surface area contributed by atoms with Crippen LogP contribution in [0.15, 0.2) is 22.7 Å². The van der Waals surface area contributed by atoms with Crippen molar-refractivity contribution in [3.8, 4) is 18.1 Å². The van der Waals surface area contributed by atoms with Crippen LogP contribution in [0.2, 0.25) is 0 Å². The minimum atomic E-state index is 0.493. The van der Waals surface area contributed by atoms with Gasteiger partial charge in [-0.3, -0.25) is 0 Å². The van der Waals surface area contributed by atoms with Gasteiger partial charge in [-0.1, -0.05) is 25.8 Å². The van der Waals surface area contributed by atoms with Crippen LogP contribution in [-0.2, 0) is 0 Å². The molecule has 0 radical (unpaired) electrons. The van der Waals surface area contributed by atoms with E-state index < -0.39 is 0 Å². The summed E-state index contributed by atoms with van der Waals surface area (Å²) < 4.78 is 6.54. The molecule has 0 unspecified atom stereocenters. The van der Waals surface area contributed by atoms with Gasteiger partial charge in [-0.2, -0.15) is 0 Å². The average Bonchev–Trinajstić information content (AvgIpc) is 2.15. The lowest BCUT2D eigenvalue weighted by Crippen LogP contribution is -2.05. The van der Waals surface area contributed by atoms with Crippen molar-refractivity contribution < 1.29 is 4.74 Å². The second kappa shape index (κ2) is 5.07. The van der Waals surface area contributed by atoms with Crippen molar-refractivity contribution in [3.05, 3.63) is 28.2 Å². The normalized spacial score (nSPS) is 9.93. The minimum Gasteiger partial charge on any atom is -0.491 e. The van der Waals surface area contributed by atoms with E-state index in [0.717, 1.165) is 15.8 Å². The minimum absolute atomic E-state index is 0.493. The summed E-state index contributed by atoms with van der Waals surface area (Å²) in [7, 11) is 0. The van der Waals surface area contributed by atoms with Gasteiger partial charge < -0.3 is 4.74 Å². The third-order valence-electron chi connectivity index (χ3n) is 1.68. The number of rotatable bonds is 3. The van der Waals surface area contributed by atoms with Crippen LogP contribution in [0.1, 0.15) is 19.4 Å². The van der Waals surface area contributed by atoms with E-state index in [4.69, 9.17) is 11.2 Å². The monoisotopic (exact) mass is 252 g/mol. The van der Waals surface area contributed by atoms with Crippen molar-refractivity contribution in [3.63, 3.8) is 0 Å². The molecule has 1 rings (SSSR count). The van der Waals surface area contributed by atoms with Crippen LogP contribution in [0.25, 0.3) is 0 Å². The Balaban J connectivity index is 2.89. The molecule has 0 spiro atoms. The van der Waals surface area contributed by atoms with Crippen molar-refractivity contribution in [1.29, 1.82) is 0 Å². The van der Waals surface area contributed by atoms with Crippen LogP contribution in [0.3, 0.4) is 0 Å². The van der Waals surface area contributed by atoms with E-state index in [2.05, 4.69) is 35.7 Å². The zero-order valence-electron chi connectivity index (χ0n) is 8.38. The third kappa shape index (κ3) is 2.78. The van der Waals surface area contributed by atoms with Gasteiger partial charge in [-0.05, 0) is 34.0 Å². The van der Waals surface area contributed by atoms with Crippen LogP contribution >= 0.6 is 15.9 Å². The molecule has 74 valence electrons. The van der Waals surface area contributed by atoms with Gasteiger partial charge in [-0.15, -0.1) is 6.42 Å². The lowest BCUT2D eigenvalue weighted by Gasteiger charge is -2.11. The largest absolute Gasteiger partial charge is 0.491 e. The fourth-order valence-electron chi connectivity index (χ4n) is 1.02. The Hall–Kier alpha value is -0.940. The number of benzene rings is 1. The molecule has 0 amide bonds. The maximum absolute atomic E-state index is 5.63. The fraction of sp³-hybridized carbons (Fsp3) is 0.333. The quantitative estimate of drug-likeness (QED) is 0.749. The standard InChI is InChI=1S/C12H13BrO/c1-4-10-6-5-7-11(13)12(10)14-8-9(2)3/h1,5-7,9H,8H2,2-3H3. The number of para-hydroxylation sites is 1. The summed E-state index contributed by atoms with van der Waals surface area (Å²) in [5, 5.41) is 0. The van der Waals surface area contributed by atoms with Crippen LogP contribution < -0.4 is 4.74 Å². The maximum Gasteiger partial charge on any atom is 0.149 e. The summed E-state index contributed by atoms with van der Waals surface area (Å²) in [5.41, 5.74) is 0.792. The summed E-state index contributed by atoms with van der Waals surface area (Å²) in [6, 6.07) is 5.71. The van der Waals surface area contributed by atoms with Crippen LogP contribution in [0.5, 0.6) is 5.75 Å². The zero-order chi connectivity index (χ0) is 10.6. The molecule has 0 bridgehead atoms. The van der Waals surface area contributed by atoms with E-state index in [1.54, 1.807) is 0 Å². The highest BCUT2D eigenvalue weighted by Crippen LogP contribution is 2.28. The van der Waals surface area contributed by atoms with E-state index in [9.17, 15) is 0 Å². The lowest BCUT2D eigenvalue weighted by atomic mass is 10.2. The summed E-state index contributed by atoms with van der Waals surface area (Å²) in [4.78, 5) is 0. The third-order valence-corrected chi connectivity index (χ3v) is 2.31. The van der Waals surface area contributed by atoms with Crippen LogP contribution in [0.4, 0.5) is 0 Å². The van der Waals surface area contributed by atoms with Gasteiger partial charge in [0, 0.05) is 0 Å². The summed E-state index contributed by atoms with van der Waals surface area (Å²) in [6.45, 7) is 4.88. The van der Waals surface area contributed by atoms with Crippen molar-refractivity contribution in [2.24, 2.45) is 5.92 Å². The smallest absolute Gasteiger partial charge is 0.149 e. The van der Waals surface area contributed by atoms with Crippen LogP contribution in [0, 0.1) is 18.3 Å². The van der Waals surface area contributed by atoms with Gasteiger partial charge in [0.25, 0.3) is 0 Å². The number of ether oxygens (including phenoxy) is 1. The molecule has 0 aliphatic rings. The van der Waals surface area contributed by atoms with Gasteiger partial charge in [0.15, 0.2) is 0 Å². The average molecular weight is 253 g/mol. The highest BCUT2D eigenvalue weighted by atomic mass is 79.9. The Morgan fingerprint density at radius 2 is 2.21 bits per heavy atom. The first-order chi connectivity index (χ1) is 6.65. The molecular weight excluding hydrogens is 240 g/mol. The first-order valence-electron chi connectivity index (χ1n) is 4.53. The van der Waals surface area contributed by atoms with Gasteiger partial charge in [0.2, 0.25) is 0 Å². The van der Waals surface area contributed by atoms with Gasteiger partial charge >= 0.3 is 0 Å². The fourth-order valence-corrected chi connectivity index (χ4v) is 1.50. The predicted octanol–water partition coefficient (Wildman–Crippen LogP) is 3.47. The number of terminal acetylenes is 1. The van der Waals surface area contributed by atoms with Crippen LogP contribution in [-0.4, -0.2) is 6.61 Å². The lowest BCUT2D eigenvalue weighted by molar-refractivity contribution is 0.269. The van der Waals surface area contributed by atoms with E-state index in [1.807, 2.05) is 18.2 Å². The summed E-state index contributed by atoms with van der Waals surface area (Å²) in [6.07, 6.45) is 5.38. The molecule has 2 heteroatoms. The maximum atomic E-state index is 5.63. The molecule has 0 aromatic heterocycles. The molecule has 0 fully saturated rings. The molecule has 0 N–H and O–H groups in total. The Morgan fingerprint density at radius 1 is 1.50 bits per heavy atom. The molecule has 1 aromatic rings. The highest BCUT2D eigenvalue weighted by molar-refractivity contribution is 9.10. The Morgan fingerprint density at radius 3 is 2.79 bits per heavy atom. The van der Waals surface area contributed by atoms with Crippen molar-refractivity contribution in [2.45, 2.75) is 13.8 Å². The van der Waals surface area contributed by atoms with Crippen molar-refractivity contribution in [2.75, 3.05) is 6.61 Å². The van der Waals surface area contributed by atoms with E-state index >= 15 is 0 Å².